The number of hydrogen-bond acceptors (Lipinski definition) is 3. The second-order valence-electron chi connectivity index (χ2n) is 6.29. The van der Waals surface area contributed by atoms with E-state index < -0.39 is 0 Å². The van der Waals surface area contributed by atoms with Crippen LogP contribution in [0.15, 0.2) is 41.5 Å². The van der Waals surface area contributed by atoms with Crippen LogP contribution in [0.1, 0.15) is 42.9 Å². The van der Waals surface area contributed by atoms with Crippen LogP contribution in [0, 0.1) is 0 Å². The normalized spacial score (nSPS) is 13.5. The molecular formula is C20H27IN4O. The van der Waals surface area contributed by atoms with E-state index in [9.17, 15) is 0 Å². The second-order valence-corrected chi connectivity index (χ2v) is 6.29. The molecule has 0 amide bonds. The molecule has 0 aliphatic heterocycles. The van der Waals surface area contributed by atoms with Gasteiger partial charge in [-0.25, -0.2) is 9.98 Å². The molecule has 0 saturated heterocycles. The summed E-state index contributed by atoms with van der Waals surface area (Å²) in [5.41, 5.74) is 10.9. The van der Waals surface area contributed by atoms with E-state index in [4.69, 9.17) is 10.5 Å². The molecule has 5 nitrogen and oxygen atoms in total. The van der Waals surface area contributed by atoms with E-state index in [-0.39, 0.29) is 24.0 Å². The van der Waals surface area contributed by atoms with E-state index in [1.54, 1.807) is 6.20 Å². The minimum atomic E-state index is 0. The van der Waals surface area contributed by atoms with Gasteiger partial charge in [-0.2, -0.15) is 0 Å². The summed E-state index contributed by atoms with van der Waals surface area (Å²) >= 11 is 0. The summed E-state index contributed by atoms with van der Waals surface area (Å²) < 4.78 is 5.67. The summed E-state index contributed by atoms with van der Waals surface area (Å²) in [5.74, 6) is 1.06. The Kier molecular flexibility index (Phi) is 8.15. The summed E-state index contributed by atoms with van der Waals surface area (Å²) in [5, 5.41) is 3.27. The Morgan fingerprint density at radius 1 is 1.23 bits per heavy atom. The molecule has 1 aromatic carbocycles. The number of benzene rings is 1. The zero-order valence-corrected chi connectivity index (χ0v) is 17.5. The van der Waals surface area contributed by atoms with Crippen molar-refractivity contribution in [3.05, 3.63) is 53.2 Å². The van der Waals surface area contributed by atoms with Gasteiger partial charge in [0.2, 0.25) is 5.88 Å². The predicted octanol–water partition coefficient (Wildman–Crippen LogP) is 4.29. The van der Waals surface area contributed by atoms with Gasteiger partial charge >= 0.3 is 0 Å². The number of aryl methyl sites for hydroxylation is 1. The lowest BCUT2D eigenvalue weighted by molar-refractivity contribution is 0.302. The molecular weight excluding hydrogens is 439 g/mol. The highest BCUT2D eigenvalue weighted by Gasteiger charge is 2.13. The summed E-state index contributed by atoms with van der Waals surface area (Å²) in [4.78, 5) is 8.75. The maximum atomic E-state index is 6.11. The van der Waals surface area contributed by atoms with Crippen LogP contribution >= 0.6 is 24.0 Å². The molecule has 1 aromatic heterocycles. The van der Waals surface area contributed by atoms with Gasteiger partial charge in [0.05, 0.1) is 13.2 Å². The van der Waals surface area contributed by atoms with E-state index in [1.165, 1.54) is 24.0 Å². The van der Waals surface area contributed by atoms with Crippen molar-refractivity contribution in [2.24, 2.45) is 10.7 Å². The quantitative estimate of drug-likeness (QED) is 0.379. The Labute approximate surface area is 172 Å². The Bertz CT molecular complexity index is 748. The van der Waals surface area contributed by atoms with E-state index in [1.807, 2.05) is 12.1 Å². The van der Waals surface area contributed by atoms with Crippen LogP contribution in [0.5, 0.6) is 5.88 Å². The third-order valence-electron chi connectivity index (χ3n) is 4.37. The van der Waals surface area contributed by atoms with Crippen molar-refractivity contribution in [2.45, 2.75) is 45.6 Å². The highest BCUT2D eigenvalue weighted by molar-refractivity contribution is 14.0. The minimum absolute atomic E-state index is 0. The Morgan fingerprint density at radius 3 is 2.92 bits per heavy atom. The van der Waals surface area contributed by atoms with E-state index in [2.05, 4.69) is 40.4 Å². The van der Waals surface area contributed by atoms with Crippen LogP contribution in [0.25, 0.3) is 0 Å². The average Bonchev–Trinajstić information content (AvgIpc) is 2.65. The van der Waals surface area contributed by atoms with Gasteiger partial charge in [0.1, 0.15) is 0 Å². The molecule has 0 fully saturated rings. The predicted molar refractivity (Wildman–Crippen MR) is 117 cm³/mol. The highest BCUT2D eigenvalue weighted by atomic mass is 127. The number of ether oxygens (including phenoxy) is 1. The Morgan fingerprint density at radius 2 is 2.08 bits per heavy atom. The van der Waals surface area contributed by atoms with Gasteiger partial charge in [0.15, 0.2) is 5.96 Å². The van der Waals surface area contributed by atoms with Gasteiger partial charge < -0.3 is 15.8 Å². The molecule has 26 heavy (non-hydrogen) atoms. The Balaban J connectivity index is 0.00000243. The van der Waals surface area contributed by atoms with E-state index in [0.717, 1.165) is 30.5 Å². The number of aliphatic imine (C=N–C) groups is 1. The number of nitrogens with one attached hydrogen (secondary N) is 1. The van der Waals surface area contributed by atoms with Crippen molar-refractivity contribution >= 4 is 35.6 Å². The molecule has 3 rings (SSSR count). The van der Waals surface area contributed by atoms with Gasteiger partial charge in [0.25, 0.3) is 0 Å². The molecule has 3 N–H and O–H groups in total. The molecule has 0 atom stereocenters. The fraction of sp³-hybridized carbons (Fsp3) is 0.400. The molecule has 6 heteroatoms. The van der Waals surface area contributed by atoms with Crippen LogP contribution < -0.4 is 15.8 Å². The smallest absolute Gasteiger partial charge is 0.218 e. The number of fused-ring (bicyclic) bond motifs is 1. The van der Waals surface area contributed by atoms with Crippen LogP contribution in [0.3, 0.4) is 0 Å². The first-order valence-electron chi connectivity index (χ1n) is 9.02. The number of anilines is 1. The summed E-state index contributed by atoms with van der Waals surface area (Å²) in [7, 11) is 0. The molecule has 0 bridgehead atoms. The van der Waals surface area contributed by atoms with Gasteiger partial charge in [-0.3, -0.25) is 0 Å². The van der Waals surface area contributed by atoms with E-state index >= 15 is 0 Å². The Hall–Kier alpha value is -1.83. The van der Waals surface area contributed by atoms with E-state index in [0.29, 0.717) is 25.0 Å². The number of hydrogen-bond donors (Lipinski definition) is 2. The lowest BCUT2D eigenvalue weighted by Gasteiger charge is -2.19. The fourth-order valence-corrected chi connectivity index (χ4v) is 3.12. The third kappa shape index (κ3) is 5.33. The van der Waals surface area contributed by atoms with Crippen LogP contribution in [0.2, 0.25) is 0 Å². The second kappa shape index (κ2) is 10.4. The van der Waals surface area contributed by atoms with Crippen LogP contribution in [-0.4, -0.2) is 17.6 Å². The van der Waals surface area contributed by atoms with Gasteiger partial charge in [-0.05, 0) is 55.4 Å². The van der Waals surface area contributed by atoms with Crippen molar-refractivity contribution in [3.63, 3.8) is 0 Å². The highest BCUT2D eigenvalue weighted by Crippen LogP contribution is 2.27. The van der Waals surface area contributed by atoms with Crippen LogP contribution in [0.4, 0.5) is 5.69 Å². The molecule has 1 heterocycles. The van der Waals surface area contributed by atoms with Crippen molar-refractivity contribution in [2.75, 3.05) is 11.9 Å². The average molecular weight is 466 g/mol. The monoisotopic (exact) mass is 466 g/mol. The van der Waals surface area contributed by atoms with Gasteiger partial charge in [0, 0.05) is 17.4 Å². The third-order valence-corrected chi connectivity index (χ3v) is 4.37. The molecule has 140 valence electrons. The SMILES string of the molecule is CCCOc1ncccc1CN=C(N)Nc1cccc2c1CCCC2.I. The summed E-state index contributed by atoms with van der Waals surface area (Å²) in [6, 6.07) is 10.2. The number of halogens is 1. The van der Waals surface area contributed by atoms with Gasteiger partial charge in [-0.1, -0.05) is 25.1 Å². The number of rotatable bonds is 6. The largest absolute Gasteiger partial charge is 0.477 e. The molecule has 0 unspecified atom stereocenters. The first-order valence-corrected chi connectivity index (χ1v) is 9.02. The number of aromatic nitrogens is 1. The van der Waals surface area contributed by atoms with Crippen molar-refractivity contribution in [3.8, 4) is 5.88 Å². The van der Waals surface area contributed by atoms with Crippen molar-refractivity contribution in [1.29, 1.82) is 0 Å². The fourth-order valence-electron chi connectivity index (χ4n) is 3.12. The summed E-state index contributed by atoms with van der Waals surface area (Å²) in [6.07, 6.45) is 7.43. The molecule has 0 radical (unpaired) electrons. The molecule has 1 aliphatic carbocycles. The standard InChI is InChI=1S/C20H26N4O.HI/c1-2-13-25-19-16(9-6-12-22-19)14-23-20(21)24-18-11-5-8-15-7-3-4-10-17(15)18;/h5-6,8-9,11-12H,2-4,7,10,13-14H2,1H3,(H3,21,23,24);1H. The first kappa shape index (κ1) is 20.5. The molecule has 1 aliphatic rings. The number of nitrogens with zero attached hydrogens (tertiary/aromatic N) is 2. The lowest BCUT2D eigenvalue weighted by Crippen LogP contribution is -2.24. The molecule has 2 aromatic rings. The maximum Gasteiger partial charge on any atom is 0.218 e. The zero-order valence-electron chi connectivity index (χ0n) is 15.2. The lowest BCUT2D eigenvalue weighted by atomic mass is 9.90. The van der Waals surface area contributed by atoms with Crippen molar-refractivity contribution in [1.82, 2.24) is 4.98 Å². The molecule has 0 saturated carbocycles. The van der Waals surface area contributed by atoms with Crippen LogP contribution in [-0.2, 0) is 19.4 Å². The topological polar surface area (TPSA) is 72.5 Å². The van der Waals surface area contributed by atoms with Crippen molar-refractivity contribution < 1.29 is 4.74 Å². The van der Waals surface area contributed by atoms with Gasteiger partial charge in [-0.15, -0.1) is 24.0 Å². The maximum absolute atomic E-state index is 6.11. The summed E-state index contributed by atoms with van der Waals surface area (Å²) in [6.45, 7) is 3.17. The number of pyridine rings is 1. The first-order chi connectivity index (χ1) is 12.3. The number of guanidine groups is 1. The molecule has 0 spiro atoms. The minimum Gasteiger partial charge on any atom is -0.477 e. The zero-order chi connectivity index (χ0) is 17.5. The number of nitrogens with two attached hydrogens (primary N) is 1.